The van der Waals surface area contributed by atoms with Crippen LogP contribution >= 0.6 is 0 Å². The summed E-state index contributed by atoms with van der Waals surface area (Å²) in [6.07, 6.45) is 14.1. The fraction of sp³-hybridized carbons (Fsp3) is 0.154. The summed E-state index contributed by atoms with van der Waals surface area (Å²) < 4.78 is 14.4. The first-order valence-electron chi connectivity index (χ1n) is 10.4. The Balaban J connectivity index is 1.36. The number of anilines is 1. The molecule has 1 unspecified atom stereocenters. The number of carbonyl (C=O) groups excluding carboxylic acids is 1. The molecular weight excluding hydrogens is 388 g/mol. The summed E-state index contributed by atoms with van der Waals surface area (Å²) >= 11 is 0. The van der Waals surface area contributed by atoms with Crippen LogP contribution in [0, 0.1) is 0 Å². The zero-order chi connectivity index (χ0) is 20.9. The van der Waals surface area contributed by atoms with Gasteiger partial charge in [-0.3, -0.25) is 4.79 Å². The van der Waals surface area contributed by atoms with Gasteiger partial charge in [-0.2, -0.15) is 0 Å². The highest BCUT2D eigenvalue weighted by atomic mass is 16.5. The number of allylic oxidation sites excluding steroid dienone is 4. The number of ether oxygens (including phenoxy) is 2. The number of benzene rings is 1. The molecule has 0 amide bonds. The second kappa shape index (κ2) is 6.84. The van der Waals surface area contributed by atoms with Crippen molar-refractivity contribution in [1.82, 2.24) is 0 Å². The quantitative estimate of drug-likeness (QED) is 0.709. The van der Waals surface area contributed by atoms with E-state index in [1.54, 1.807) is 6.08 Å². The molecule has 0 N–H and O–H groups in total. The first kappa shape index (κ1) is 18.0. The highest BCUT2D eigenvalue weighted by molar-refractivity contribution is 6.09. The van der Waals surface area contributed by atoms with Crippen LogP contribution in [-0.2, 0) is 16.6 Å². The third-order valence-electron chi connectivity index (χ3n) is 6.00. The Morgan fingerprint density at radius 1 is 1.06 bits per heavy atom. The third kappa shape index (κ3) is 3.01. The number of para-hydroxylation sites is 2. The molecule has 0 fully saturated rings. The van der Waals surface area contributed by atoms with Gasteiger partial charge in [-0.25, -0.2) is 4.57 Å². The molecule has 2 aromatic rings. The molecule has 4 heterocycles. The molecule has 31 heavy (non-hydrogen) atoms. The molecule has 0 radical (unpaired) electrons. The number of pyridine rings is 1. The molecule has 3 aliphatic heterocycles. The van der Waals surface area contributed by atoms with E-state index in [-0.39, 0.29) is 11.9 Å². The number of carbonyl (C=O) groups is 1. The molecule has 5 heteroatoms. The van der Waals surface area contributed by atoms with E-state index in [0.29, 0.717) is 11.3 Å². The molecular formula is C26H21N2O3+. The summed E-state index contributed by atoms with van der Waals surface area (Å²) in [5.74, 6) is 2.32. The van der Waals surface area contributed by atoms with Crippen molar-refractivity contribution in [3.05, 3.63) is 107 Å². The van der Waals surface area contributed by atoms with Crippen molar-refractivity contribution in [2.45, 2.75) is 12.5 Å². The standard InChI is InChI=1S/C26H21N2O3/c1-27-11-8-17(9-12-27)6-7-18-14-19-15-20-23(30-25(19)16-22(18)29)10-13-28-21-4-2-3-5-24(21)31-26(20)28/h2-9,11-12,14-16,23H,10,13H2,1H3/q+1. The van der Waals surface area contributed by atoms with Gasteiger partial charge in [0.2, 0.25) is 5.88 Å². The molecule has 0 spiro atoms. The van der Waals surface area contributed by atoms with E-state index in [4.69, 9.17) is 9.47 Å². The Morgan fingerprint density at radius 3 is 2.77 bits per heavy atom. The van der Waals surface area contributed by atoms with Crippen LogP contribution in [0.25, 0.3) is 6.08 Å². The SMILES string of the molecule is C[n+]1ccc(/C=C/C2=CC3=CC4=C5Oc6ccccc6N5CCC4OC3=CC2=O)cc1. The van der Waals surface area contributed by atoms with Gasteiger partial charge in [0.15, 0.2) is 23.9 Å². The van der Waals surface area contributed by atoms with E-state index in [2.05, 4.69) is 17.0 Å². The number of hydrogen-bond acceptors (Lipinski definition) is 4. The van der Waals surface area contributed by atoms with Gasteiger partial charge in [-0.1, -0.05) is 24.3 Å². The summed E-state index contributed by atoms with van der Waals surface area (Å²) in [4.78, 5) is 14.9. The Kier molecular flexibility index (Phi) is 3.96. The second-order valence-electron chi connectivity index (χ2n) is 8.08. The summed E-state index contributed by atoms with van der Waals surface area (Å²) in [6, 6.07) is 12.1. The van der Waals surface area contributed by atoms with Crippen molar-refractivity contribution in [3.8, 4) is 5.75 Å². The topological polar surface area (TPSA) is 42.7 Å². The van der Waals surface area contributed by atoms with Crippen LogP contribution < -0.4 is 14.2 Å². The first-order valence-corrected chi connectivity index (χ1v) is 10.4. The van der Waals surface area contributed by atoms with Gasteiger partial charge in [-0.15, -0.1) is 0 Å². The summed E-state index contributed by atoms with van der Waals surface area (Å²) in [6.45, 7) is 0.823. The molecule has 0 bridgehead atoms. The van der Waals surface area contributed by atoms with Crippen LogP contribution in [0.5, 0.6) is 5.75 Å². The maximum atomic E-state index is 12.7. The van der Waals surface area contributed by atoms with Gasteiger partial charge >= 0.3 is 0 Å². The molecule has 0 saturated heterocycles. The average molecular weight is 409 g/mol. The normalized spacial score (nSPS) is 21.3. The van der Waals surface area contributed by atoms with Gasteiger partial charge < -0.3 is 14.4 Å². The number of ketones is 1. The predicted molar refractivity (Wildman–Crippen MR) is 117 cm³/mol. The van der Waals surface area contributed by atoms with Gasteiger partial charge in [0, 0.05) is 42.3 Å². The van der Waals surface area contributed by atoms with Gasteiger partial charge in [0.1, 0.15) is 18.9 Å². The number of fused-ring (bicyclic) bond motifs is 5. The van der Waals surface area contributed by atoms with E-state index in [9.17, 15) is 4.79 Å². The zero-order valence-electron chi connectivity index (χ0n) is 17.1. The van der Waals surface area contributed by atoms with Crippen LogP contribution in [0.15, 0.2) is 101 Å². The highest BCUT2D eigenvalue weighted by Crippen LogP contribution is 2.45. The highest BCUT2D eigenvalue weighted by Gasteiger charge is 2.39. The van der Waals surface area contributed by atoms with Gasteiger partial charge in [-0.05, 0) is 29.8 Å². The Morgan fingerprint density at radius 2 is 1.90 bits per heavy atom. The van der Waals surface area contributed by atoms with Crippen LogP contribution in [0.3, 0.4) is 0 Å². The van der Waals surface area contributed by atoms with Gasteiger partial charge in [0.25, 0.3) is 0 Å². The van der Waals surface area contributed by atoms with E-state index >= 15 is 0 Å². The van der Waals surface area contributed by atoms with Crippen LogP contribution in [-0.4, -0.2) is 18.4 Å². The zero-order valence-corrected chi connectivity index (χ0v) is 17.1. The third-order valence-corrected chi connectivity index (χ3v) is 6.00. The molecule has 6 rings (SSSR count). The smallest absolute Gasteiger partial charge is 0.207 e. The Labute approximate surface area is 180 Å². The molecule has 4 aliphatic rings. The molecule has 1 aromatic heterocycles. The van der Waals surface area contributed by atoms with E-state index < -0.39 is 0 Å². The average Bonchev–Trinajstić information content (AvgIpc) is 3.17. The van der Waals surface area contributed by atoms with Crippen molar-refractivity contribution in [2.24, 2.45) is 7.05 Å². The number of aromatic nitrogens is 1. The monoisotopic (exact) mass is 409 g/mol. The lowest BCUT2D eigenvalue weighted by Crippen LogP contribution is -2.37. The second-order valence-corrected chi connectivity index (χ2v) is 8.08. The fourth-order valence-electron chi connectivity index (χ4n) is 4.36. The van der Waals surface area contributed by atoms with Crippen molar-refractivity contribution in [2.75, 3.05) is 11.4 Å². The number of rotatable bonds is 2. The lowest BCUT2D eigenvalue weighted by molar-refractivity contribution is -0.671. The van der Waals surface area contributed by atoms with Crippen LogP contribution in [0.4, 0.5) is 5.69 Å². The fourth-order valence-corrected chi connectivity index (χ4v) is 4.36. The lowest BCUT2D eigenvalue weighted by Gasteiger charge is -2.35. The molecule has 152 valence electrons. The van der Waals surface area contributed by atoms with Crippen molar-refractivity contribution < 1.29 is 18.8 Å². The summed E-state index contributed by atoms with van der Waals surface area (Å²) in [7, 11) is 1.98. The van der Waals surface area contributed by atoms with Crippen LogP contribution in [0.2, 0.25) is 0 Å². The minimum Gasteiger partial charge on any atom is -0.485 e. The van der Waals surface area contributed by atoms with E-state index in [1.807, 2.05) is 72.6 Å². The van der Waals surface area contributed by atoms with Crippen molar-refractivity contribution in [3.63, 3.8) is 0 Å². The number of aryl methyl sites for hydroxylation is 1. The van der Waals surface area contributed by atoms with Crippen molar-refractivity contribution >= 4 is 17.5 Å². The maximum Gasteiger partial charge on any atom is 0.207 e. The Bertz CT molecular complexity index is 1260. The summed E-state index contributed by atoms with van der Waals surface area (Å²) in [5.41, 5.74) is 4.70. The lowest BCUT2D eigenvalue weighted by atomic mass is 9.91. The Hall–Kier alpha value is -3.86. The van der Waals surface area contributed by atoms with E-state index in [1.165, 1.54) is 0 Å². The molecule has 1 aromatic carbocycles. The predicted octanol–water partition coefficient (Wildman–Crippen LogP) is 3.76. The molecule has 5 nitrogen and oxygen atoms in total. The number of hydrogen-bond donors (Lipinski definition) is 0. The largest absolute Gasteiger partial charge is 0.485 e. The maximum absolute atomic E-state index is 12.7. The minimum atomic E-state index is -0.0982. The molecule has 0 saturated carbocycles. The van der Waals surface area contributed by atoms with Crippen LogP contribution in [0.1, 0.15) is 12.0 Å². The van der Waals surface area contributed by atoms with E-state index in [0.717, 1.165) is 47.0 Å². The summed E-state index contributed by atoms with van der Waals surface area (Å²) in [5, 5.41) is 0. The van der Waals surface area contributed by atoms with Gasteiger partial charge in [0.05, 0.1) is 11.3 Å². The molecule has 1 atom stereocenters. The van der Waals surface area contributed by atoms with Crippen molar-refractivity contribution in [1.29, 1.82) is 0 Å². The molecule has 1 aliphatic carbocycles. The first-order chi connectivity index (χ1) is 15.2. The number of nitrogens with zero attached hydrogens (tertiary/aromatic N) is 2. The minimum absolute atomic E-state index is 0.0389.